The Balaban J connectivity index is 0.00000320. The topological polar surface area (TPSA) is 39.7 Å². The zero-order valence-electron chi connectivity index (χ0n) is 17.2. The van der Waals surface area contributed by atoms with Crippen molar-refractivity contribution in [1.29, 1.82) is 0 Å². The third-order valence-corrected chi connectivity index (χ3v) is 4.86. The summed E-state index contributed by atoms with van der Waals surface area (Å²) in [4.78, 5) is 0. The van der Waals surface area contributed by atoms with Gasteiger partial charge in [-0.15, -0.1) is 12.4 Å². The van der Waals surface area contributed by atoms with Crippen LogP contribution in [-0.2, 0) is 19.7 Å². The van der Waals surface area contributed by atoms with Gasteiger partial charge in [0.25, 0.3) is 0 Å². The Labute approximate surface area is 189 Å². The molecular formula is C24H27Cl2NO3. The smallest absolute Gasteiger partial charge is 0.166 e. The molecular weight excluding hydrogens is 421 g/mol. The molecule has 6 heteroatoms. The van der Waals surface area contributed by atoms with Gasteiger partial charge in [-0.25, -0.2) is 0 Å². The highest BCUT2D eigenvalue weighted by Gasteiger charge is 2.12. The van der Waals surface area contributed by atoms with Crippen LogP contribution in [0.25, 0.3) is 0 Å². The van der Waals surface area contributed by atoms with E-state index in [1.807, 2.05) is 61.5 Å². The number of hydrogen-bond donors (Lipinski definition) is 1. The summed E-state index contributed by atoms with van der Waals surface area (Å²) in [7, 11) is 1.67. The number of benzene rings is 3. The molecule has 1 N–H and O–H groups in total. The summed E-state index contributed by atoms with van der Waals surface area (Å²) in [5.74, 6) is 2.34. The highest BCUT2D eigenvalue weighted by molar-refractivity contribution is 6.31. The van der Waals surface area contributed by atoms with Crippen LogP contribution < -0.4 is 19.5 Å². The summed E-state index contributed by atoms with van der Waals surface area (Å²) in [5.41, 5.74) is 3.17. The minimum Gasteiger partial charge on any atom is -0.497 e. The molecule has 0 bridgehead atoms. The van der Waals surface area contributed by atoms with Gasteiger partial charge in [0.15, 0.2) is 11.5 Å². The van der Waals surface area contributed by atoms with Crippen molar-refractivity contribution >= 4 is 24.0 Å². The van der Waals surface area contributed by atoms with Crippen molar-refractivity contribution in [2.45, 2.75) is 26.6 Å². The Bertz CT molecular complexity index is 917. The SMILES string of the molecule is CCOc1cccc(CNCc2ccc(OC)cc2)c1OCc1ccccc1Cl.Cl. The van der Waals surface area contributed by atoms with Gasteiger partial charge in [-0.3, -0.25) is 0 Å². The Morgan fingerprint density at radius 2 is 1.57 bits per heavy atom. The van der Waals surface area contributed by atoms with Crippen LogP contribution in [0, 0.1) is 0 Å². The molecule has 3 aromatic carbocycles. The van der Waals surface area contributed by atoms with Crippen molar-refractivity contribution in [3.05, 3.63) is 88.4 Å². The Morgan fingerprint density at radius 3 is 2.27 bits per heavy atom. The summed E-state index contributed by atoms with van der Waals surface area (Å²) in [5, 5.41) is 4.17. The van der Waals surface area contributed by atoms with Crippen LogP contribution in [0.3, 0.4) is 0 Å². The lowest BCUT2D eigenvalue weighted by Gasteiger charge is -2.17. The Kier molecular flexibility index (Phi) is 9.81. The first-order valence-electron chi connectivity index (χ1n) is 9.65. The van der Waals surface area contributed by atoms with Gasteiger partial charge in [-0.2, -0.15) is 0 Å². The normalized spacial score (nSPS) is 10.2. The molecule has 0 fully saturated rings. The van der Waals surface area contributed by atoms with Crippen molar-refractivity contribution in [2.24, 2.45) is 0 Å². The van der Waals surface area contributed by atoms with Gasteiger partial charge in [-0.05, 0) is 36.8 Å². The van der Waals surface area contributed by atoms with E-state index in [0.29, 0.717) is 24.8 Å². The fourth-order valence-corrected chi connectivity index (χ4v) is 3.17. The number of methoxy groups -OCH3 is 1. The maximum atomic E-state index is 6.27. The van der Waals surface area contributed by atoms with Gasteiger partial charge in [0.2, 0.25) is 0 Å². The minimum atomic E-state index is 0. The van der Waals surface area contributed by atoms with Crippen LogP contribution in [0.2, 0.25) is 5.02 Å². The van der Waals surface area contributed by atoms with E-state index < -0.39 is 0 Å². The lowest BCUT2D eigenvalue weighted by molar-refractivity contribution is 0.266. The predicted molar refractivity (Wildman–Crippen MR) is 124 cm³/mol. The zero-order chi connectivity index (χ0) is 20.5. The molecule has 0 amide bonds. The molecule has 0 aromatic heterocycles. The van der Waals surface area contributed by atoms with Gasteiger partial charge >= 0.3 is 0 Å². The first-order chi connectivity index (χ1) is 14.2. The van der Waals surface area contributed by atoms with Crippen LogP contribution in [0.4, 0.5) is 0 Å². The van der Waals surface area contributed by atoms with Crippen molar-refractivity contribution in [1.82, 2.24) is 5.32 Å². The fourth-order valence-electron chi connectivity index (χ4n) is 2.98. The summed E-state index contributed by atoms with van der Waals surface area (Å²) in [6, 6.07) is 21.7. The van der Waals surface area contributed by atoms with E-state index in [0.717, 1.165) is 34.9 Å². The molecule has 160 valence electrons. The molecule has 0 aliphatic heterocycles. The molecule has 3 aromatic rings. The van der Waals surface area contributed by atoms with Crippen molar-refractivity contribution < 1.29 is 14.2 Å². The third kappa shape index (κ3) is 6.56. The van der Waals surface area contributed by atoms with Gasteiger partial charge in [0.05, 0.1) is 13.7 Å². The average molecular weight is 448 g/mol. The number of ether oxygens (including phenoxy) is 3. The minimum absolute atomic E-state index is 0. The van der Waals surface area contributed by atoms with Crippen LogP contribution in [0.1, 0.15) is 23.6 Å². The molecule has 30 heavy (non-hydrogen) atoms. The lowest BCUT2D eigenvalue weighted by atomic mass is 10.1. The van der Waals surface area contributed by atoms with Crippen molar-refractivity contribution in [2.75, 3.05) is 13.7 Å². The standard InChI is InChI=1S/C24H26ClNO3.ClH/c1-3-28-23-10-6-8-19(16-26-15-18-11-13-21(27-2)14-12-18)24(23)29-17-20-7-4-5-9-22(20)25;/h4-14,26H,3,15-17H2,1-2H3;1H. The summed E-state index contributed by atoms with van der Waals surface area (Å²) in [6.07, 6.45) is 0. The average Bonchev–Trinajstić information content (AvgIpc) is 2.75. The Hall–Kier alpha value is -2.40. The predicted octanol–water partition coefficient (Wildman–Crippen LogP) is 6.04. The maximum absolute atomic E-state index is 6.27. The molecule has 0 saturated carbocycles. The molecule has 3 rings (SSSR count). The van der Waals surface area contributed by atoms with Crippen molar-refractivity contribution in [3.8, 4) is 17.2 Å². The summed E-state index contributed by atoms with van der Waals surface area (Å²) < 4.78 is 17.1. The molecule has 0 aliphatic carbocycles. The second-order valence-electron chi connectivity index (χ2n) is 6.51. The third-order valence-electron chi connectivity index (χ3n) is 4.49. The van der Waals surface area contributed by atoms with Gasteiger partial charge < -0.3 is 19.5 Å². The lowest BCUT2D eigenvalue weighted by Crippen LogP contribution is -2.14. The Morgan fingerprint density at radius 1 is 0.833 bits per heavy atom. The van der Waals surface area contributed by atoms with E-state index in [9.17, 15) is 0 Å². The second-order valence-corrected chi connectivity index (χ2v) is 6.92. The highest BCUT2D eigenvalue weighted by Crippen LogP contribution is 2.33. The number of nitrogens with one attached hydrogen (secondary N) is 1. The maximum Gasteiger partial charge on any atom is 0.166 e. The first kappa shape index (κ1) is 23.9. The van der Waals surface area contributed by atoms with E-state index in [1.54, 1.807) is 7.11 Å². The van der Waals surface area contributed by atoms with Gasteiger partial charge in [0, 0.05) is 29.2 Å². The second kappa shape index (κ2) is 12.3. The fraction of sp³-hybridized carbons (Fsp3) is 0.250. The van der Waals surface area contributed by atoms with E-state index >= 15 is 0 Å². The zero-order valence-corrected chi connectivity index (χ0v) is 18.8. The number of rotatable bonds is 10. The van der Waals surface area contributed by atoms with E-state index in [1.165, 1.54) is 5.56 Å². The van der Waals surface area contributed by atoms with Crippen LogP contribution in [0.15, 0.2) is 66.7 Å². The number of para-hydroxylation sites is 1. The number of hydrogen-bond acceptors (Lipinski definition) is 4. The molecule has 4 nitrogen and oxygen atoms in total. The highest BCUT2D eigenvalue weighted by atomic mass is 35.5. The van der Waals surface area contributed by atoms with Gasteiger partial charge in [-0.1, -0.05) is 54.1 Å². The summed E-state index contributed by atoms with van der Waals surface area (Å²) >= 11 is 6.27. The van der Waals surface area contributed by atoms with Crippen molar-refractivity contribution in [3.63, 3.8) is 0 Å². The van der Waals surface area contributed by atoms with E-state index in [4.69, 9.17) is 25.8 Å². The van der Waals surface area contributed by atoms with E-state index in [2.05, 4.69) is 17.4 Å². The molecule has 0 spiro atoms. The molecule has 0 aliphatic rings. The largest absolute Gasteiger partial charge is 0.497 e. The first-order valence-corrected chi connectivity index (χ1v) is 10.0. The van der Waals surface area contributed by atoms with Gasteiger partial charge in [0.1, 0.15) is 12.4 Å². The molecule has 0 atom stereocenters. The van der Waals surface area contributed by atoms with E-state index in [-0.39, 0.29) is 12.4 Å². The van der Waals surface area contributed by atoms with Crippen LogP contribution in [0.5, 0.6) is 17.2 Å². The molecule has 0 heterocycles. The summed E-state index contributed by atoms with van der Waals surface area (Å²) in [6.45, 7) is 4.32. The molecule has 0 saturated heterocycles. The molecule has 0 unspecified atom stereocenters. The van der Waals surface area contributed by atoms with Crippen LogP contribution >= 0.6 is 24.0 Å². The monoisotopic (exact) mass is 447 g/mol. The number of halogens is 2. The quantitative estimate of drug-likeness (QED) is 0.411. The van der Waals surface area contributed by atoms with Crippen LogP contribution in [-0.4, -0.2) is 13.7 Å². The molecule has 0 radical (unpaired) electrons.